The van der Waals surface area contributed by atoms with Gasteiger partial charge in [0.2, 0.25) is 5.95 Å². The second-order valence-electron chi connectivity index (χ2n) is 3.23. The minimum Gasteiger partial charge on any atom is -0.480 e. The van der Waals surface area contributed by atoms with E-state index in [1.165, 1.54) is 0 Å². The number of aliphatic carboxylic acids is 1. The molecule has 0 spiro atoms. The van der Waals surface area contributed by atoms with Gasteiger partial charge in [-0.1, -0.05) is 12.1 Å². The number of para-hydroxylation sites is 2. The number of nitrogens with one attached hydrogen (secondary N) is 1. The zero-order valence-electron chi connectivity index (χ0n) is 8.27. The number of hydrogen-bond donors (Lipinski definition) is 2. The molecule has 0 saturated carbocycles. The molecule has 0 amide bonds. The first kappa shape index (κ1) is 9.51. The Labute approximate surface area is 86.4 Å². The van der Waals surface area contributed by atoms with Gasteiger partial charge in [-0.3, -0.25) is 4.79 Å². The number of aryl methyl sites for hydroxylation is 1. The fourth-order valence-electron chi connectivity index (χ4n) is 1.46. The third-order valence-electron chi connectivity index (χ3n) is 2.18. The lowest BCUT2D eigenvalue weighted by molar-refractivity contribution is -0.134. The van der Waals surface area contributed by atoms with E-state index in [4.69, 9.17) is 5.11 Å². The minimum atomic E-state index is -0.901. The molecule has 78 valence electrons. The molecule has 1 heterocycles. The highest BCUT2D eigenvalue weighted by molar-refractivity contribution is 5.79. The maximum absolute atomic E-state index is 10.4. The summed E-state index contributed by atoms with van der Waals surface area (Å²) in [4.78, 5) is 14.7. The average Bonchev–Trinajstić information content (AvgIpc) is 2.54. The number of anilines is 1. The third-order valence-corrected chi connectivity index (χ3v) is 2.18. The maximum Gasteiger partial charge on any atom is 0.322 e. The zero-order chi connectivity index (χ0) is 10.8. The molecule has 0 aliphatic carbocycles. The Bertz CT molecular complexity index is 504. The summed E-state index contributed by atoms with van der Waals surface area (Å²) in [5.74, 6) is -0.333. The topological polar surface area (TPSA) is 67.2 Å². The van der Waals surface area contributed by atoms with Crippen molar-refractivity contribution < 1.29 is 9.90 Å². The van der Waals surface area contributed by atoms with Gasteiger partial charge >= 0.3 is 5.97 Å². The number of hydrogen-bond acceptors (Lipinski definition) is 3. The Morgan fingerprint density at radius 1 is 1.53 bits per heavy atom. The highest BCUT2D eigenvalue weighted by Gasteiger charge is 2.06. The van der Waals surface area contributed by atoms with Crippen molar-refractivity contribution in [3.8, 4) is 0 Å². The molecule has 5 heteroatoms. The van der Waals surface area contributed by atoms with E-state index in [0.29, 0.717) is 5.95 Å². The van der Waals surface area contributed by atoms with E-state index in [1.54, 1.807) is 0 Å². The first-order valence-corrected chi connectivity index (χ1v) is 4.55. The highest BCUT2D eigenvalue weighted by Crippen LogP contribution is 2.16. The lowest BCUT2D eigenvalue weighted by Crippen LogP contribution is -2.14. The van der Waals surface area contributed by atoms with Gasteiger partial charge in [-0.05, 0) is 12.1 Å². The largest absolute Gasteiger partial charge is 0.480 e. The van der Waals surface area contributed by atoms with Gasteiger partial charge in [-0.2, -0.15) is 0 Å². The Balaban J connectivity index is 2.36. The molecule has 0 aliphatic heterocycles. The Hall–Kier alpha value is -2.04. The summed E-state index contributed by atoms with van der Waals surface area (Å²) in [6, 6.07) is 7.65. The van der Waals surface area contributed by atoms with Crippen LogP contribution in [0.4, 0.5) is 5.95 Å². The van der Waals surface area contributed by atoms with Crippen LogP contribution < -0.4 is 5.32 Å². The first-order chi connectivity index (χ1) is 7.18. The predicted molar refractivity (Wildman–Crippen MR) is 56.8 cm³/mol. The van der Waals surface area contributed by atoms with Gasteiger partial charge in [-0.25, -0.2) is 4.98 Å². The molecule has 0 radical (unpaired) electrons. The molecule has 2 N–H and O–H groups in total. The minimum absolute atomic E-state index is 0.128. The summed E-state index contributed by atoms with van der Waals surface area (Å²) in [6.07, 6.45) is 0. The monoisotopic (exact) mass is 205 g/mol. The van der Waals surface area contributed by atoms with Crippen molar-refractivity contribution in [2.75, 3.05) is 11.9 Å². The molecular weight excluding hydrogens is 194 g/mol. The first-order valence-electron chi connectivity index (χ1n) is 4.55. The molecule has 1 aromatic heterocycles. The summed E-state index contributed by atoms with van der Waals surface area (Å²) in [7, 11) is 1.85. The highest BCUT2D eigenvalue weighted by atomic mass is 16.4. The van der Waals surface area contributed by atoms with E-state index < -0.39 is 5.97 Å². The van der Waals surface area contributed by atoms with E-state index in [-0.39, 0.29) is 6.54 Å². The molecule has 1 aromatic carbocycles. The lowest BCUT2D eigenvalue weighted by atomic mass is 10.3. The van der Waals surface area contributed by atoms with Crippen molar-refractivity contribution in [1.82, 2.24) is 9.55 Å². The van der Waals surface area contributed by atoms with Gasteiger partial charge in [0.05, 0.1) is 11.0 Å². The number of carbonyl (C=O) groups is 1. The van der Waals surface area contributed by atoms with Crippen molar-refractivity contribution in [3.05, 3.63) is 24.3 Å². The smallest absolute Gasteiger partial charge is 0.322 e. The summed E-state index contributed by atoms with van der Waals surface area (Å²) in [5.41, 5.74) is 1.83. The van der Waals surface area contributed by atoms with E-state index >= 15 is 0 Å². The summed E-state index contributed by atoms with van der Waals surface area (Å²) in [6.45, 7) is -0.128. The maximum atomic E-state index is 10.4. The van der Waals surface area contributed by atoms with E-state index in [9.17, 15) is 4.79 Å². The second kappa shape index (κ2) is 3.61. The fourth-order valence-corrected chi connectivity index (χ4v) is 1.46. The van der Waals surface area contributed by atoms with Crippen LogP contribution in [0.3, 0.4) is 0 Å². The molecule has 0 unspecified atom stereocenters. The molecule has 15 heavy (non-hydrogen) atoms. The number of nitrogens with zero attached hydrogens (tertiary/aromatic N) is 2. The molecule has 0 saturated heterocycles. The van der Waals surface area contributed by atoms with Gasteiger partial charge < -0.3 is 15.0 Å². The van der Waals surface area contributed by atoms with Crippen molar-refractivity contribution in [1.29, 1.82) is 0 Å². The molecule has 0 fully saturated rings. The van der Waals surface area contributed by atoms with Gasteiger partial charge in [0.25, 0.3) is 0 Å². The number of rotatable bonds is 3. The number of carboxylic acids is 1. The van der Waals surface area contributed by atoms with Crippen LogP contribution in [0.15, 0.2) is 24.3 Å². The molecule has 5 nitrogen and oxygen atoms in total. The van der Waals surface area contributed by atoms with Crippen LogP contribution in [0, 0.1) is 0 Å². The van der Waals surface area contributed by atoms with Crippen LogP contribution in [0.5, 0.6) is 0 Å². The summed E-state index contributed by atoms with van der Waals surface area (Å²) in [5, 5.41) is 11.3. The zero-order valence-corrected chi connectivity index (χ0v) is 8.27. The van der Waals surface area contributed by atoms with Crippen LogP contribution in [-0.2, 0) is 11.8 Å². The number of aromatic nitrogens is 2. The van der Waals surface area contributed by atoms with Crippen LogP contribution >= 0.6 is 0 Å². The van der Waals surface area contributed by atoms with Crippen molar-refractivity contribution >= 4 is 23.0 Å². The van der Waals surface area contributed by atoms with Crippen molar-refractivity contribution in [3.63, 3.8) is 0 Å². The molecule has 0 atom stereocenters. The standard InChI is InChI=1S/C10H11N3O2/c1-13-8-5-3-2-4-7(8)12-10(13)11-6-9(14)15/h2-5H,6H2,1H3,(H,11,12)(H,14,15). The fraction of sp³-hybridized carbons (Fsp3) is 0.200. The summed E-state index contributed by atoms with van der Waals surface area (Å²) < 4.78 is 1.83. The molecule has 0 bridgehead atoms. The van der Waals surface area contributed by atoms with Crippen LogP contribution in [0.25, 0.3) is 11.0 Å². The Morgan fingerprint density at radius 3 is 2.93 bits per heavy atom. The van der Waals surface area contributed by atoms with Crippen LogP contribution in [-0.4, -0.2) is 27.2 Å². The predicted octanol–water partition coefficient (Wildman–Crippen LogP) is 1.07. The average molecular weight is 205 g/mol. The molecular formula is C10H11N3O2. The SMILES string of the molecule is Cn1c(NCC(=O)O)nc2ccccc21. The second-order valence-corrected chi connectivity index (χ2v) is 3.23. The number of carboxylic acid groups (broad SMARTS) is 1. The van der Waals surface area contributed by atoms with Gasteiger partial charge in [0.15, 0.2) is 0 Å². The molecule has 2 aromatic rings. The van der Waals surface area contributed by atoms with E-state index in [1.807, 2.05) is 35.9 Å². The molecule has 2 rings (SSSR count). The number of fused-ring (bicyclic) bond motifs is 1. The number of imidazole rings is 1. The Morgan fingerprint density at radius 2 is 2.27 bits per heavy atom. The van der Waals surface area contributed by atoms with E-state index in [0.717, 1.165) is 11.0 Å². The van der Waals surface area contributed by atoms with Crippen molar-refractivity contribution in [2.24, 2.45) is 7.05 Å². The molecule has 0 aliphatic rings. The van der Waals surface area contributed by atoms with Gasteiger partial charge in [0, 0.05) is 7.05 Å². The quantitative estimate of drug-likeness (QED) is 0.786. The van der Waals surface area contributed by atoms with Crippen LogP contribution in [0.2, 0.25) is 0 Å². The summed E-state index contributed by atoms with van der Waals surface area (Å²) >= 11 is 0. The van der Waals surface area contributed by atoms with Crippen LogP contribution in [0.1, 0.15) is 0 Å². The lowest BCUT2D eigenvalue weighted by Gasteiger charge is -2.02. The van der Waals surface area contributed by atoms with Gasteiger partial charge in [0.1, 0.15) is 6.54 Å². The number of benzene rings is 1. The van der Waals surface area contributed by atoms with Crippen molar-refractivity contribution in [2.45, 2.75) is 0 Å². The van der Waals surface area contributed by atoms with Gasteiger partial charge in [-0.15, -0.1) is 0 Å². The van der Waals surface area contributed by atoms with E-state index in [2.05, 4.69) is 10.3 Å². The Kier molecular flexibility index (Phi) is 2.29. The third kappa shape index (κ3) is 1.76. The normalized spacial score (nSPS) is 10.5.